The van der Waals surface area contributed by atoms with Gasteiger partial charge >= 0.3 is 231 Å². The Kier molecular flexibility index (Phi) is 8.33. The van der Waals surface area contributed by atoms with Crippen LogP contribution in [0.25, 0.3) is 0 Å². The molecule has 0 N–H and O–H groups in total. The van der Waals surface area contributed by atoms with Gasteiger partial charge in [-0.25, -0.2) is 0 Å². The molecule has 0 fully saturated rings. The first kappa shape index (κ1) is 25.6. The second-order valence-electron chi connectivity index (χ2n) is 9.18. The summed E-state index contributed by atoms with van der Waals surface area (Å²) in [6, 6.07) is 52.7. The van der Waals surface area contributed by atoms with E-state index in [0.717, 1.165) is 10.9 Å². The fourth-order valence-corrected chi connectivity index (χ4v) is 16.9. The maximum atomic E-state index is 14.4. The molecule has 0 radical (unpaired) electrons. The van der Waals surface area contributed by atoms with Crippen molar-refractivity contribution in [3.63, 3.8) is 0 Å². The molecule has 5 aromatic carbocycles. The Labute approximate surface area is 230 Å². The van der Waals surface area contributed by atoms with Gasteiger partial charge in [0.1, 0.15) is 0 Å². The van der Waals surface area contributed by atoms with Gasteiger partial charge in [-0.2, -0.15) is 0 Å². The topological polar surface area (TPSA) is 17.1 Å². The molecule has 1 unspecified atom stereocenters. The Morgan fingerprint density at radius 1 is 0.595 bits per heavy atom. The predicted octanol–water partition coefficient (Wildman–Crippen LogP) is 4.63. The van der Waals surface area contributed by atoms with Gasteiger partial charge in [0.2, 0.25) is 0 Å². The SMILES string of the molecule is Cc1ccc([S@](=O)C(C[Si](c2ccccc2)(c2ccccc2)c2ccccc2)[Se]c2ccccc2)cc1. The van der Waals surface area contributed by atoms with Crippen molar-refractivity contribution >= 4 is 53.9 Å². The van der Waals surface area contributed by atoms with Crippen LogP contribution in [-0.4, -0.2) is 31.4 Å². The van der Waals surface area contributed by atoms with E-state index in [0.29, 0.717) is 0 Å². The average Bonchev–Trinajstić information content (AvgIpc) is 2.97. The van der Waals surface area contributed by atoms with Crippen molar-refractivity contribution in [3.05, 3.63) is 151 Å². The number of aryl methyl sites for hydroxylation is 1. The summed E-state index contributed by atoms with van der Waals surface area (Å²) in [6.45, 7) is 2.08. The van der Waals surface area contributed by atoms with Crippen LogP contribution in [0, 0.1) is 6.92 Å². The van der Waals surface area contributed by atoms with Gasteiger partial charge in [-0.15, -0.1) is 0 Å². The minimum atomic E-state index is -2.52. The first-order chi connectivity index (χ1) is 18.2. The van der Waals surface area contributed by atoms with Gasteiger partial charge in [0, 0.05) is 0 Å². The average molecular weight is 582 g/mol. The fraction of sp³-hybridized carbons (Fsp3) is 0.0909. The van der Waals surface area contributed by atoms with Crippen molar-refractivity contribution < 1.29 is 4.21 Å². The standard InChI is InChI=1S/C33H30OSSeSi/c1-27-22-24-28(25-23-27)35(34)33(36-29-14-6-2-7-15-29)26-37(30-16-8-3-9-17-30,31-18-10-4-11-19-31)32-20-12-5-13-21-32/h2-25,33H,26H2,1H3/t33?,35-/m0/s1. The van der Waals surface area contributed by atoms with Gasteiger partial charge in [-0.3, -0.25) is 0 Å². The van der Waals surface area contributed by atoms with Crippen molar-refractivity contribution in [1.29, 1.82) is 0 Å². The van der Waals surface area contributed by atoms with Crippen LogP contribution in [0.5, 0.6) is 0 Å². The van der Waals surface area contributed by atoms with E-state index in [1.54, 1.807) is 0 Å². The molecule has 0 saturated carbocycles. The second kappa shape index (κ2) is 12.0. The van der Waals surface area contributed by atoms with E-state index in [9.17, 15) is 4.21 Å². The van der Waals surface area contributed by atoms with Gasteiger partial charge in [0.15, 0.2) is 0 Å². The number of hydrogen-bond acceptors (Lipinski definition) is 1. The van der Waals surface area contributed by atoms with Gasteiger partial charge in [-0.1, -0.05) is 0 Å². The monoisotopic (exact) mass is 582 g/mol. The van der Waals surface area contributed by atoms with Crippen LogP contribution in [0.1, 0.15) is 5.56 Å². The molecule has 184 valence electrons. The summed E-state index contributed by atoms with van der Waals surface area (Å²) in [6.07, 6.45) is 0. The van der Waals surface area contributed by atoms with Crippen LogP contribution in [0.4, 0.5) is 0 Å². The third-order valence-electron chi connectivity index (χ3n) is 6.78. The fourth-order valence-electron chi connectivity index (χ4n) is 4.91. The zero-order valence-corrected chi connectivity index (χ0v) is 24.4. The summed E-state index contributed by atoms with van der Waals surface area (Å²) in [5, 5.41) is 4.09. The molecule has 5 rings (SSSR count). The summed E-state index contributed by atoms with van der Waals surface area (Å²) in [4.78, 5) is 0.922. The summed E-state index contributed by atoms with van der Waals surface area (Å²) >= 11 is 0.0353. The van der Waals surface area contributed by atoms with Crippen molar-refractivity contribution in [1.82, 2.24) is 0 Å². The van der Waals surface area contributed by atoms with Crippen LogP contribution in [-0.2, 0) is 10.8 Å². The minimum absolute atomic E-state index is 0.0184. The van der Waals surface area contributed by atoms with Gasteiger partial charge in [0.25, 0.3) is 0 Å². The Hall–Kier alpha value is -3.01. The molecule has 0 amide bonds. The maximum absolute atomic E-state index is 14.4. The summed E-state index contributed by atoms with van der Waals surface area (Å²) in [7, 11) is -3.66. The molecule has 0 saturated heterocycles. The molecular weight excluding hydrogens is 551 g/mol. The van der Waals surface area contributed by atoms with E-state index in [2.05, 4.69) is 153 Å². The number of hydrogen-bond donors (Lipinski definition) is 0. The Bertz CT molecular complexity index is 1330. The molecule has 0 bridgehead atoms. The number of benzene rings is 5. The Morgan fingerprint density at radius 3 is 1.43 bits per heavy atom. The van der Waals surface area contributed by atoms with E-state index < -0.39 is 18.9 Å². The summed E-state index contributed by atoms with van der Waals surface area (Å²) in [5.74, 6) is 0. The van der Waals surface area contributed by atoms with Crippen LogP contribution in [0.3, 0.4) is 0 Å². The summed E-state index contributed by atoms with van der Waals surface area (Å²) < 4.78 is 15.7. The molecule has 1 nitrogen and oxygen atoms in total. The summed E-state index contributed by atoms with van der Waals surface area (Å²) in [5.41, 5.74) is 1.19. The van der Waals surface area contributed by atoms with E-state index in [1.165, 1.54) is 25.6 Å². The van der Waals surface area contributed by atoms with Crippen molar-refractivity contribution in [2.75, 3.05) is 0 Å². The van der Waals surface area contributed by atoms with Gasteiger partial charge in [0.05, 0.1) is 0 Å². The van der Waals surface area contributed by atoms with Crippen LogP contribution < -0.4 is 20.0 Å². The molecule has 37 heavy (non-hydrogen) atoms. The van der Waals surface area contributed by atoms with Crippen LogP contribution in [0.15, 0.2) is 150 Å². The molecule has 4 heteroatoms. The molecule has 0 aliphatic heterocycles. The third-order valence-corrected chi connectivity index (χ3v) is 17.7. The van der Waals surface area contributed by atoms with Gasteiger partial charge in [-0.05, 0) is 0 Å². The van der Waals surface area contributed by atoms with E-state index in [-0.39, 0.29) is 19.1 Å². The number of rotatable bonds is 9. The van der Waals surface area contributed by atoms with Gasteiger partial charge < -0.3 is 0 Å². The molecule has 0 aromatic heterocycles. The quantitative estimate of drug-likeness (QED) is 0.183. The molecule has 0 aliphatic carbocycles. The predicted molar refractivity (Wildman–Crippen MR) is 162 cm³/mol. The molecule has 2 atom stereocenters. The zero-order chi connectivity index (χ0) is 25.5. The Morgan fingerprint density at radius 2 is 1.00 bits per heavy atom. The molecule has 0 heterocycles. The second-order valence-corrected chi connectivity index (χ2v) is 18.1. The van der Waals surface area contributed by atoms with E-state index >= 15 is 0 Å². The first-order valence-electron chi connectivity index (χ1n) is 12.5. The molecular formula is C33H30OSSeSi. The molecule has 0 aliphatic rings. The molecule has 5 aromatic rings. The van der Waals surface area contributed by atoms with Crippen LogP contribution >= 0.6 is 0 Å². The van der Waals surface area contributed by atoms with Crippen molar-refractivity contribution in [3.8, 4) is 0 Å². The first-order valence-corrected chi connectivity index (χ1v) is 17.8. The molecule has 0 spiro atoms. The normalized spacial score (nSPS) is 13.1. The van der Waals surface area contributed by atoms with Crippen molar-refractivity contribution in [2.45, 2.75) is 22.0 Å². The van der Waals surface area contributed by atoms with E-state index in [4.69, 9.17) is 0 Å². The third kappa shape index (κ3) is 5.79. The van der Waals surface area contributed by atoms with Crippen LogP contribution in [0.2, 0.25) is 6.04 Å². The van der Waals surface area contributed by atoms with E-state index in [1.807, 2.05) is 0 Å². The van der Waals surface area contributed by atoms with Crippen molar-refractivity contribution in [2.24, 2.45) is 0 Å². The Balaban J connectivity index is 1.70. The zero-order valence-electron chi connectivity index (χ0n) is 20.9.